The van der Waals surface area contributed by atoms with Crippen molar-refractivity contribution in [1.82, 2.24) is 5.32 Å². The summed E-state index contributed by atoms with van der Waals surface area (Å²) >= 11 is 4.45. The summed E-state index contributed by atoms with van der Waals surface area (Å²) in [6.45, 7) is 2.56. The molecule has 0 aliphatic rings. The molecule has 0 spiro atoms. The average molecular weight is 387 g/mol. The van der Waals surface area contributed by atoms with E-state index < -0.39 is 4.92 Å². The molecule has 0 fully saturated rings. The van der Waals surface area contributed by atoms with Gasteiger partial charge in [-0.05, 0) is 28.6 Å². The second kappa shape index (κ2) is 9.27. The molecule has 0 atom stereocenters. The van der Waals surface area contributed by atoms with Crippen LogP contribution in [0.5, 0.6) is 5.75 Å². The summed E-state index contributed by atoms with van der Waals surface area (Å²) in [5.41, 5.74) is -0.0344. The number of hydrogen-bond acceptors (Lipinski definition) is 6. The first kappa shape index (κ1) is 18.3. The maximum atomic E-state index is 11.2. The van der Waals surface area contributed by atoms with Crippen molar-refractivity contribution in [3.63, 3.8) is 0 Å². The van der Waals surface area contributed by atoms with E-state index in [1.165, 1.54) is 23.9 Å². The summed E-state index contributed by atoms with van der Waals surface area (Å²) in [6.07, 6.45) is 5.33. The van der Waals surface area contributed by atoms with Crippen molar-refractivity contribution < 1.29 is 9.66 Å². The van der Waals surface area contributed by atoms with Crippen molar-refractivity contribution in [2.75, 3.05) is 12.9 Å². The standard InChI is InChI=1S/C13H15BrN4O3S/c1-3-4-5-21-12-7-10(17-13(22-2)16-8-15)11(18(19)20)6-9(12)14/h6-7H,3-5H2,1-2H3,(H,16,17). The fourth-order valence-electron chi connectivity index (χ4n) is 1.49. The highest BCUT2D eigenvalue weighted by Gasteiger charge is 2.18. The van der Waals surface area contributed by atoms with Gasteiger partial charge in [-0.1, -0.05) is 25.1 Å². The number of unbranched alkanes of at least 4 members (excludes halogenated alkanes) is 1. The Morgan fingerprint density at radius 3 is 2.91 bits per heavy atom. The normalized spacial score (nSPS) is 10.9. The molecule has 1 aromatic carbocycles. The molecule has 118 valence electrons. The zero-order valence-corrected chi connectivity index (χ0v) is 14.5. The second-order valence-corrected chi connectivity index (χ2v) is 5.74. The summed E-state index contributed by atoms with van der Waals surface area (Å²) in [5, 5.41) is 22.4. The molecule has 0 amide bonds. The number of halogens is 1. The zero-order valence-electron chi connectivity index (χ0n) is 12.1. The zero-order chi connectivity index (χ0) is 16.5. The van der Waals surface area contributed by atoms with Crippen LogP contribution in [0.1, 0.15) is 19.8 Å². The Balaban J connectivity index is 3.24. The van der Waals surface area contributed by atoms with Gasteiger partial charge in [0.2, 0.25) is 0 Å². The number of hydrogen-bond donors (Lipinski definition) is 1. The molecular formula is C13H15BrN4O3S. The molecule has 0 radical (unpaired) electrons. The Morgan fingerprint density at radius 1 is 1.64 bits per heavy atom. The van der Waals surface area contributed by atoms with Gasteiger partial charge in [-0.2, -0.15) is 5.26 Å². The van der Waals surface area contributed by atoms with E-state index in [9.17, 15) is 10.1 Å². The third-order valence-electron chi connectivity index (χ3n) is 2.56. The van der Waals surface area contributed by atoms with Crippen molar-refractivity contribution >= 4 is 44.2 Å². The van der Waals surface area contributed by atoms with E-state index in [0.29, 0.717) is 16.8 Å². The molecule has 0 saturated carbocycles. The molecule has 9 heteroatoms. The van der Waals surface area contributed by atoms with Gasteiger partial charge in [-0.3, -0.25) is 15.4 Å². The predicted octanol–water partition coefficient (Wildman–Crippen LogP) is 3.96. The summed E-state index contributed by atoms with van der Waals surface area (Å²) < 4.78 is 6.09. The molecule has 0 saturated heterocycles. The van der Waals surface area contributed by atoms with Crippen LogP contribution in [0.15, 0.2) is 21.6 Å². The lowest BCUT2D eigenvalue weighted by Crippen LogP contribution is -2.12. The molecule has 1 aromatic rings. The van der Waals surface area contributed by atoms with Crippen molar-refractivity contribution in [3.05, 3.63) is 26.7 Å². The number of thioether (sulfide) groups is 1. The molecule has 1 rings (SSSR count). The first-order valence-corrected chi connectivity index (χ1v) is 8.43. The van der Waals surface area contributed by atoms with Gasteiger partial charge in [-0.25, -0.2) is 4.99 Å². The number of ether oxygens (including phenoxy) is 1. The summed E-state index contributed by atoms with van der Waals surface area (Å²) in [6, 6.07) is 2.84. The van der Waals surface area contributed by atoms with Crippen LogP contribution >= 0.6 is 27.7 Å². The number of nitrogens with zero attached hydrogens (tertiary/aromatic N) is 3. The first-order valence-electron chi connectivity index (χ1n) is 6.42. The highest BCUT2D eigenvalue weighted by atomic mass is 79.9. The number of nitrogens with one attached hydrogen (secondary N) is 1. The van der Waals surface area contributed by atoms with Crippen LogP contribution in [0, 0.1) is 21.6 Å². The number of nitro groups is 1. The van der Waals surface area contributed by atoms with Crippen LogP contribution in [0.3, 0.4) is 0 Å². The van der Waals surface area contributed by atoms with Crippen LogP contribution < -0.4 is 10.1 Å². The smallest absolute Gasteiger partial charge is 0.296 e. The van der Waals surface area contributed by atoms with Gasteiger partial charge in [-0.15, -0.1) is 0 Å². The molecule has 0 bridgehead atoms. The summed E-state index contributed by atoms with van der Waals surface area (Å²) in [4.78, 5) is 14.8. The lowest BCUT2D eigenvalue weighted by Gasteiger charge is -2.09. The molecule has 0 aliphatic carbocycles. The molecule has 22 heavy (non-hydrogen) atoms. The number of rotatable bonds is 6. The van der Waals surface area contributed by atoms with Gasteiger partial charge < -0.3 is 4.74 Å². The third kappa shape index (κ3) is 5.20. The van der Waals surface area contributed by atoms with Crippen LogP contribution in [0.4, 0.5) is 11.4 Å². The molecule has 0 aromatic heterocycles. The fourth-order valence-corrected chi connectivity index (χ4v) is 2.27. The fraction of sp³-hybridized carbons (Fsp3) is 0.385. The lowest BCUT2D eigenvalue weighted by atomic mass is 10.2. The second-order valence-electron chi connectivity index (χ2n) is 4.09. The van der Waals surface area contributed by atoms with E-state index in [-0.39, 0.29) is 16.5 Å². The lowest BCUT2D eigenvalue weighted by molar-refractivity contribution is -0.384. The van der Waals surface area contributed by atoms with Gasteiger partial charge in [0.1, 0.15) is 11.4 Å². The highest BCUT2D eigenvalue weighted by Crippen LogP contribution is 2.38. The van der Waals surface area contributed by atoms with Crippen molar-refractivity contribution in [2.45, 2.75) is 19.8 Å². The van der Waals surface area contributed by atoms with Gasteiger partial charge in [0.15, 0.2) is 11.4 Å². The van der Waals surface area contributed by atoms with Gasteiger partial charge in [0.05, 0.1) is 16.0 Å². The number of nitro benzene ring substituents is 1. The number of aliphatic imine (C=N–C) groups is 1. The van der Waals surface area contributed by atoms with Crippen molar-refractivity contribution in [1.29, 1.82) is 5.26 Å². The first-order chi connectivity index (χ1) is 10.5. The molecule has 0 aliphatic heterocycles. The Kier molecular flexibility index (Phi) is 7.70. The monoisotopic (exact) mass is 386 g/mol. The molecule has 7 nitrogen and oxygen atoms in total. The minimum absolute atomic E-state index is 0.131. The largest absolute Gasteiger partial charge is 0.492 e. The Hall–Kier alpha value is -1.79. The van der Waals surface area contributed by atoms with E-state index in [1.54, 1.807) is 12.4 Å². The minimum Gasteiger partial charge on any atom is -0.492 e. The number of amidine groups is 1. The van der Waals surface area contributed by atoms with Crippen LogP contribution in [-0.4, -0.2) is 23.0 Å². The Bertz CT molecular complexity index is 616. The summed E-state index contributed by atoms with van der Waals surface area (Å²) in [5.74, 6) is 0.482. The third-order valence-corrected chi connectivity index (χ3v) is 3.76. The van der Waals surface area contributed by atoms with Crippen molar-refractivity contribution in [2.24, 2.45) is 4.99 Å². The van der Waals surface area contributed by atoms with Crippen LogP contribution in [0.2, 0.25) is 0 Å². The summed E-state index contributed by atoms with van der Waals surface area (Å²) in [7, 11) is 0. The minimum atomic E-state index is -0.524. The van der Waals surface area contributed by atoms with Gasteiger partial charge >= 0.3 is 0 Å². The van der Waals surface area contributed by atoms with E-state index in [0.717, 1.165) is 12.8 Å². The van der Waals surface area contributed by atoms with Crippen LogP contribution in [-0.2, 0) is 0 Å². The van der Waals surface area contributed by atoms with Gasteiger partial charge in [0, 0.05) is 12.1 Å². The maximum absolute atomic E-state index is 11.2. The number of benzene rings is 1. The average Bonchev–Trinajstić information content (AvgIpc) is 2.49. The maximum Gasteiger partial charge on any atom is 0.296 e. The van der Waals surface area contributed by atoms with E-state index in [1.807, 2.05) is 6.92 Å². The van der Waals surface area contributed by atoms with Crippen LogP contribution in [0.25, 0.3) is 0 Å². The molecular weight excluding hydrogens is 372 g/mol. The predicted molar refractivity (Wildman–Crippen MR) is 90.6 cm³/mol. The van der Waals surface area contributed by atoms with E-state index >= 15 is 0 Å². The molecule has 1 N–H and O–H groups in total. The Morgan fingerprint density at radius 2 is 2.36 bits per heavy atom. The topological polar surface area (TPSA) is 101 Å². The van der Waals surface area contributed by atoms with Crippen molar-refractivity contribution in [3.8, 4) is 11.9 Å². The quantitative estimate of drug-likeness (QED) is 0.151. The molecule has 0 unspecified atom stereocenters. The van der Waals surface area contributed by atoms with E-state index in [2.05, 4.69) is 26.2 Å². The number of nitriles is 1. The Labute approximate surface area is 141 Å². The molecule has 0 heterocycles. The van der Waals surface area contributed by atoms with Gasteiger partial charge in [0.25, 0.3) is 5.69 Å². The van der Waals surface area contributed by atoms with E-state index in [4.69, 9.17) is 10.00 Å². The SMILES string of the molecule is CCCCOc1cc(N=C(NC#N)SC)c([N+](=O)[O-])cc1Br. The highest BCUT2D eigenvalue weighted by molar-refractivity contribution is 9.10.